The summed E-state index contributed by atoms with van der Waals surface area (Å²) in [5.41, 5.74) is 5.18. The zero-order valence-electron chi connectivity index (χ0n) is 20.5. The van der Waals surface area contributed by atoms with Crippen molar-refractivity contribution >= 4 is 22.5 Å². The third-order valence-electron chi connectivity index (χ3n) is 7.71. The molecule has 0 saturated carbocycles. The van der Waals surface area contributed by atoms with Gasteiger partial charge in [-0.05, 0) is 48.6 Å². The molecule has 1 N–H and O–H groups in total. The molecule has 2 aliphatic heterocycles. The summed E-state index contributed by atoms with van der Waals surface area (Å²) in [6.45, 7) is 3.14. The molecule has 1 fully saturated rings. The van der Waals surface area contributed by atoms with Crippen LogP contribution >= 0.6 is 0 Å². The Morgan fingerprint density at radius 3 is 2.58 bits per heavy atom. The number of carbonyl (C=O) groups excluding carboxylic acids is 1. The molecule has 3 heterocycles. The normalized spacial score (nSPS) is 20.4. The SMILES string of the molecule is O=C(c1cnc2ccccc2c1)N1Cc2ccccc2NCC[C@@H]2CC[C@H](C1)N2Cc1ccccc1. The van der Waals surface area contributed by atoms with Crippen LogP contribution in [-0.4, -0.2) is 45.9 Å². The molecule has 1 aromatic heterocycles. The van der Waals surface area contributed by atoms with Crippen LogP contribution in [0.3, 0.4) is 0 Å². The lowest BCUT2D eigenvalue weighted by atomic mass is 10.1. The lowest BCUT2D eigenvalue weighted by Crippen LogP contribution is -2.44. The van der Waals surface area contributed by atoms with Crippen LogP contribution in [0.15, 0.2) is 91.1 Å². The van der Waals surface area contributed by atoms with Gasteiger partial charge in [0.1, 0.15) is 0 Å². The molecule has 6 rings (SSSR count). The Kier molecular flexibility index (Phi) is 6.39. The Hall–Kier alpha value is -3.70. The van der Waals surface area contributed by atoms with Crippen LogP contribution in [-0.2, 0) is 13.1 Å². The molecule has 3 aromatic carbocycles. The summed E-state index contributed by atoms with van der Waals surface area (Å²) in [6, 6.07) is 29.9. The van der Waals surface area contributed by atoms with Crippen LogP contribution in [0.2, 0.25) is 0 Å². The van der Waals surface area contributed by atoms with Gasteiger partial charge in [-0.3, -0.25) is 14.7 Å². The molecular weight excluding hydrogens is 444 g/mol. The van der Waals surface area contributed by atoms with E-state index in [1.165, 1.54) is 12.0 Å². The summed E-state index contributed by atoms with van der Waals surface area (Å²) in [7, 11) is 0. The van der Waals surface area contributed by atoms with Crippen molar-refractivity contribution in [2.24, 2.45) is 0 Å². The van der Waals surface area contributed by atoms with E-state index in [1.54, 1.807) is 6.20 Å². The molecule has 182 valence electrons. The van der Waals surface area contributed by atoms with E-state index in [4.69, 9.17) is 0 Å². The second kappa shape index (κ2) is 10.1. The van der Waals surface area contributed by atoms with Gasteiger partial charge in [-0.25, -0.2) is 0 Å². The maximum atomic E-state index is 14.0. The van der Waals surface area contributed by atoms with Gasteiger partial charge in [0.2, 0.25) is 0 Å². The van der Waals surface area contributed by atoms with Crippen molar-refractivity contribution in [3.05, 3.63) is 108 Å². The Morgan fingerprint density at radius 2 is 1.67 bits per heavy atom. The van der Waals surface area contributed by atoms with E-state index >= 15 is 0 Å². The second-order valence-electron chi connectivity index (χ2n) is 10.0. The van der Waals surface area contributed by atoms with Crippen LogP contribution in [0.5, 0.6) is 0 Å². The number of benzene rings is 3. The minimum Gasteiger partial charge on any atom is -0.385 e. The van der Waals surface area contributed by atoms with E-state index in [0.29, 0.717) is 30.7 Å². The summed E-state index contributed by atoms with van der Waals surface area (Å²) < 4.78 is 0. The van der Waals surface area contributed by atoms with E-state index in [2.05, 4.69) is 69.8 Å². The van der Waals surface area contributed by atoms with Crippen LogP contribution in [0, 0.1) is 0 Å². The molecular formula is C31H32N4O. The third kappa shape index (κ3) is 4.71. The number of aromatic nitrogens is 1. The Labute approximate surface area is 212 Å². The number of para-hydroxylation sites is 2. The highest BCUT2D eigenvalue weighted by atomic mass is 16.2. The molecule has 1 amide bonds. The van der Waals surface area contributed by atoms with Gasteiger partial charge in [0.25, 0.3) is 5.91 Å². The van der Waals surface area contributed by atoms with E-state index in [0.717, 1.165) is 48.1 Å². The number of hydrogen-bond acceptors (Lipinski definition) is 4. The molecule has 2 bridgehead atoms. The van der Waals surface area contributed by atoms with Gasteiger partial charge in [-0.15, -0.1) is 0 Å². The van der Waals surface area contributed by atoms with Gasteiger partial charge in [0.05, 0.1) is 11.1 Å². The largest absolute Gasteiger partial charge is 0.385 e. The van der Waals surface area contributed by atoms with E-state index < -0.39 is 0 Å². The lowest BCUT2D eigenvalue weighted by Gasteiger charge is -2.34. The van der Waals surface area contributed by atoms with Gasteiger partial charge in [0, 0.05) is 55.5 Å². The van der Waals surface area contributed by atoms with Crippen molar-refractivity contribution in [2.75, 3.05) is 18.4 Å². The molecule has 0 radical (unpaired) electrons. The second-order valence-corrected chi connectivity index (χ2v) is 10.0. The first-order valence-corrected chi connectivity index (χ1v) is 13.0. The molecule has 36 heavy (non-hydrogen) atoms. The zero-order chi connectivity index (χ0) is 24.3. The molecule has 0 spiro atoms. The first-order chi connectivity index (χ1) is 17.7. The van der Waals surface area contributed by atoms with E-state index in [9.17, 15) is 4.79 Å². The summed E-state index contributed by atoms with van der Waals surface area (Å²) in [5, 5.41) is 4.67. The average Bonchev–Trinajstić information content (AvgIpc) is 3.28. The summed E-state index contributed by atoms with van der Waals surface area (Å²) in [5.74, 6) is 0.0467. The number of nitrogens with zero attached hydrogens (tertiary/aromatic N) is 3. The first-order valence-electron chi connectivity index (χ1n) is 13.0. The highest BCUT2D eigenvalue weighted by Gasteiger charge is 2.35. The van der Waals surface area contributed by atoms with Crippen LogP contribution < -0.4 is 5.32 Å². The third-order valence-corrected chi connectivity index (χ3v) is 7.71. The zero-order valence-corrected chi connectivity index (χ0v) is 20.5. The van der Waals surface area contributed by atoms with Gasteiger partial charge in [-0.1, -0.05) is 66.7 Å². The van der Waals surface area contributed by atoms with Crippen LogP contribution in [0.1, 0.15) is 40.7 Å². The van der Waals surface area contributed by atoms with Crippen molar-refractivity contribution in [1.29, 1.82) is 0 Å². The first kappa shape index (κ1) is 22.7. The number of anilines is 1. The molecule has 1 saturated heterocycles. The van der Waals surface area contributed by atoms with Gasteiger partial charge < -0.3 is 10.2 Å². The molecule has 0 unspecified atom stereocenters. The van der Waals surface area contributed by atoms with Crippen LogP contribution in [0.4, 0.5) is 5.69 Å². The smallest absolute Gasteiger partial charge is 0.255 e. The highest BCUT2D eigenvalue weighted by molar-refractivity contribution is 5.97. The molecule has 5 heteroatoms. The average molecular weight is 477 g/mol. The summed E-state index contributed by atoms with van der Waals surface area (Å²) >= 11 is 0. The van der Waals surface area contributed by atoms with Crippen LogP contribution in [0.25, 0.3) is 10.9 Å². The number of pyridine rings is 1. The molecule has 2 aliphatic rings. The number of hydrogen-bond donors (Lipinski definition) is 1. The summed E-state index contributed by atoms with van der Waals surface area (Å²) in [6.07, 6.45) is 5.11. The number of carbonyl (C=O) groups is 1. The lowest BCUT2D eigenvalue weighted by molar-refractivity contribution is 0.0663. The quantitative estimate of drug-likeness (QED) is 0.411. The molecule has 4 aromatic rings. The Bertz CT molecular complexity index is 1360. The fourth-order valence-corrected chi connectivity index (χ4v) is 5.83. The van der Waals surface area contributed by atoms with Gasteiger partial charge in [-0.2, -0.15) is 0 Å². The van der Waals surface area contributed by atoms with Crippen molar-refractivity contribution in [2.45, 2.75) is 44.4 Å². The van der Waals surface area contributed by atoms with Crippen molar-refractivity contribution < 1.29 is 4.79 Å². The number of amides is 1. The van der Waals surface area contributed by atoms with Crippen molar-refractivity contribution in [3.8, 4) is 0 Å². The maximum absolute atomic E-state index is 14.0. The van der Waals surface area contributed by atoms with E-state index in [1.807, 2.05) is 35.2 Å². The Balaban J connectivity index is 1.35. The number of fused-ring (bicyclic) bond motifs is 4. The molecule has 5 nitrogen and oxygen atoms in total. The predicted octanol–water partition coefficient (Wildman–Crippen LogP) is 5.73. The number of nitrogens with one attached hydrogen (secondary N) is 1. The predicted molar refractivity (Wildman–Crippen MR) is 145 cm³/mol. The topological polar surface area (TPSA) is 48.5 Å². The standard InChI is InChI=1S/C31H32N4O/c36-31(26-18-24-10-4-6-12-29(24)33-19-26)34-21-25-11-5-7-13-30(25)32-17-16-27-14-15-28(22-34)35(27)20-23-8-2-1-3-9-23/h1-13,18-19,27-28,32H,14-17,20-22H2/t27-,28+/m0/s1. The van der Waals surface area contributed by atoms with Crippen molar-refractivity contribution in [3.63, 3.8) is 0 Å². The summed E-state index contributed by atoms with van der Waals surface area (Å²) in [4.78, 5) is 23.3. The Morgan fingerprint density at radius 1 is 0.889 bits per heavy atom. The van der Waals surface area contributed by atoms with Crippen molar-refractivity contribution in [1.82, 2.24) is 14.8 Å². The highest BCUT2D eigenvalue weighted by Crippen LogP contribution is 2.31. The van der Waals surface area contributed by atoms with Gasteiger partial charge in [0.15, 0.2) is 0 Å². The monoisotopic (exact) mass is 476 g/mol. The molecule has 2 atom stereocenters. The minimum absolute atomic E-state index is 0.0467. The fourth-order valence-electron chi connectivity index (χ4n) is 5.83. The fraction of sp³-hybridized carbons (Fsp3) is 0.290. The minimum atomic E-state index is 0.0467. The van der Waals surface area contributed by atoms with Gasteiger partial charge >= 0.3 is 0 Å². The molecule has 0 aliphatic carbocycles. The number of rotatable bonds is 3. The van der Waals surface area contributed by atoms with E-state index in [-0.39, 0.29) is 5.91 Å². The maximum Gasteiger partial charge on any atom is 0.255 e.